The SMILES string of the molecule is CN(C)CCNC(=O)c1cccc(C(=O)N2CCc3ccccc32)c1. The molecule has 1 aliphatic heterocycles. The van der Waals surface area contributed by atoms with Gasteiger partial charge in [-0.1, -0.05) is 24.3 Å². The van der Waals surface area contributed by atoms with Crippen molar-refractivity contribution in [1.82, 2.24) is 10.2 Å². The van der Waals surface area contributed by atoms with E-state index in [4.69, 9.17) is 0 Å². The van der Waals surface area contributed by atoms with E-state index in [1.165, 1.54) is 5.56 Å². The van der Waals surface area contributed by atoms with E-state index in [1.807, 2.05) is 37.2 Å². The van der Waals surface area contributed by atoms with Crippen LogP contribution in [0.25, 0.3) is 0 Å². The number of amides is 2. The number of nitrogens with zero attached hydrogens (tertiary/aromatic N) is 2. The van der Waals surface area contributed by atoms with Gasteiger partial charge in [-0.05, 0) is 50.3 Å². The van der Waals surface area contributed by atoms with Gasteiger partial charge in [0.05, 0.1) is 0 Å². The van der Waals surface area contributed by atoms with Crippen LogP contribution in [-0.4, -0.2) is 50.4 Å². The molecule has 3 rings (SSSR count). The molecule has 5 nitrogen and oxygen atoms in total. The zero-order valence-electron chi connectivity index (χ0n) is 14.7. The van der Waals surface area contributed by atoms with Gasteiger partial charge in [0, 0.05) is 36.4 Å². The van der Waals surface area contributed by atoms with Crippen molar-refractivity contribution >= 4 is 17.5 Å². The quantitative estimate of drug-likeness (QED) is 0.910. The Balaban J connectivity index is 1.73. The predicted molar refractivity (Wildman–Crippen MR) is 99.2 cm³/mol. The lowest BCUT2D eigenvalue weighted by molar-refractivity contribution is 0.0951. The fraction of sp³-hybridized carbons (Fsp3) is 0.300. The first-order valence-corrected chi connectivity index (χ1v) is 8.49. The molecule has 25 heavy (non-hydrogen) atoms. The second kappa shape index (κ2) is 7.49. The van der Waals surface area contributed by atoms with Crippen LogP contribution in [0, 0.1) is 0 Å². The standard InChI is InChI=1S/C20H23N3O2/c1-22(2)13-11-21-19(24)16-7-5-8-17(14-16)20(25)23-12-10-15-6-3-4-9-18(15)23/h3-9,14H,10-13H2,1-2H3,(H,21,24). The highest BCUT2D eigenvalue weighted by molar-refractivity contribution is 6.08. The van der Waals surface area contributed by atoms with Gasteiger partial charge in [0.25, 0.3) is 11.8 Å². The molecule has 0 saturated heterocycles. The molecule has 1 N–H and O–H groups in total. The van der Waals surface area contributed by atoms with Crippen molar-refractivity contribution in [3.05, 3.63) is 65.2 Å². The Kier molecular flexibility index (Phi) is 5.14. The summed E-state index contributed by atoms with van der Waals surface area (Å²) in [6.07, 6.45) is 0.868. The number of anilines is 1. The van der Waals surface area contributed by atoms with Crippen molar-refractivity contribution in [2.24, 2.45) is 0 Å². The Hall–Kier alpha value is -2.66. The van der Waals surface area contributed by atoms with Crippen LogP contribution in [0.15, 0.2) is 48.5 Å². The summed E-state index contributed by atoms with van der Waals surface area (Å²) < 4.78 is 0. The van der Waals surface area contributed by atoms with Gasteiger partial charge >= 0.3 is 0 Å². The van der Waals surface area contributed by atoms with E-state index in [1.54, 1.807) is 29.2 Å². The number of benzene rings is 2. The van der Waals surface area contributed by atoms with Crippen LogP contribution in [0.1, 0.15) is 26.3 Å². The first kappa shape index (κ1) is 17.2. The summed E-state index contributed by atoms with van der Waals surface area (Å²) in [4.78, 5) is 28.9. The minimum absolute atomic E-state index is 0.0621. The number of likely N-dealkylation sites (N-methyl/N-ethyl adjacent to an activating group) is 1. The lowest BCUT2D eigenvalue weighted by Gasteiger charge is -2.17. The van der Waals surface area contributed by atoms with Crippen LogP contribution >= 0.6 is 0 Å². The summed E-state index contributed by atoms with van der Waals surface area (Å²) in [7, 11) is 3.92. The highest BCUT2D eigenvalue weighted by atomic mass is 16.2. The second-order valence-corrected chi connectivity index (χ2v) is 6.48. The maximum atomic E-state index is 12.9. The molecule has 0 unspecified atom stereocenters. The monoisotopic (exact) mass is 337 g/mol. The molecule has 2 aromatic rings. The molecule has 0 saturated carbocycles. The highest BCUT2D eigenvalue weighted by Gasteiger charge is 2.25. The van der Waals surface area contributed by atoms with Crippen molar-refractivity contribution in [3.63, 3.8) is 0 Å². The molecule has 1 heterocycles. The van der Waals surface area contributed by atoms with Gasteiger partial charge in [-0.2, -0.15) is 0 Å². The molecule has 0 fully saturated rings. The number of hydrogen-bond donors (Lipinski definition) is 1. The third kappa shape index (κ3) is 3.88. The average Bonchev–Trinajstić information content (AvgIpc) is 3.05. The molecule has 2 amide bonds. The molecule has 0 radical (unpaired) electrons. The average molecular weight is 337 g/mol. The second-order valence-electron chi connectivity index (χ2n) is 6.48. The van der Waals surface area contributed by atoms with E-state index in [2.05, 4.69) is 11.4 Å². The molecule has 130 valence electrons. The topological polar surface area (TPSA) is 52.7 Å². The predicted octanol–water partition coefficient (Wildman–Crippen LogP) is 2.18. The fourth-order valence-corrected chi connectivity index (χ4v) is 2.99. The van der Waals surface area contributed by atoms with Gasteiger partial charge in [-0.15, -0.1) is 0 Å². The number of rotatable bonds is 5. The summed E-state index contributed by atoms with van der Waals surface area (Å²) >= 11 is 0. The smallest absolute Gasteiger partial charge is 0.258 e. The van der Waals surface area contributed by atoms with Crippen LogP contribution in [-0.2, 0) is 6.42 Å². The Morgan fingerprint density at radius 2 is 1.84 bits per heavy atom. The lowest BCUT2D eigenvalue weighted by atomic mass is 10.1. The Bertz CT molecular complexity index is 786. The summed E-state index contributed by atoms with van der Waals surface area (Å²) in [6, 6.07) is 14.9. The highest BCUT2D eigenvalue weighted by Crippen LogP contribution is 2.28. The number of carbonyl (C=O) groups excluding carboxylic acids is 2. The molecule has 0 spiro atoms. The molecular formula is C20H23N3O2. The zero-order valence-corrected chi connectivity index (χ0v) is 14.7. The van der Waals surface area contributed by atoms with E-state index >= 15 is 0 Å². The normalized spacial score (nSPS) is 13.0. The molecule has 5 heteroatoms. The van der Waals surface area contributed by atoms with E-state index in [0.29, 0.717) is 24.2 Å². The number of hydrogen-bond acceptors (Lipinski definition) is 3. The number of para-hydroxylation sites is 1. The van der Waals surface area contributed by atoms with Gasteiger partial charge < -0.3 is 15.1 Å². The van der Waals surface area contributed by atoms with Gasteiger partial charge in [0.1, 0.15) is 0 Å². The maximum Gasteiger partial charge on any atom is 0.258 e. The molecule has 2 aromatic carbocycles. The Labute approximate surface area is 148 Å². The van der Waals surface area contributed by atoms with Crippen molar-refractivity contribution in [1.29, 1.82) is 0 Å². The first-order chi connectivity index (χ1) is 12.1. The number of fused-ring (bicyclic) bond motifs is 1. The van der Waals surface area contributed by atoms with E-state index in [-0.39, 0.29) is 11.8 Å². The number of nitrogens with one attached hydrogen (secondary N) is 1. The molecule has 0 aromatic heterocycles. The fourth-order valence-electron chi connectivity index (χ4n) is 2.99. The molecule has 0 aliphatic carbocycles. The zero-order chi connectivity index (χ0) is 17.8. The minimum atomic E-state index is -0.154. The Morgan fingerprint density at radius 3 is 2.64 bits per heavy atom. The summed E-state index contributed by atoms with van der Waals surface area (Å²) in [5, 5.41) is 2.88. The van der Waals surface area contributed by atoms with Gasteiger partial charge in [0.2, 0.25) is 0 Å². The van der Waals surface area contributed by atoms with Gasteiger partial charge in [0.15, 0.2) is 0 Å². The summed E-state index contributed by atoms with van der Waals surface area (Å²) in [6.45, 7) is 2.02. The lowest BCUT2D eigenvalue weighted by Crippen LogP contribution is -2.32. The third-order valence-electron chi connectivity index (χ3n) is 4.35. The van der Waals surface area contributed by atoms with Crippen molar-refractivity contribution in [2.45, 2.75) is 6.42 Å². The van der Waals surface area contributed by atoms with Crippen LogP contribution in [0.4, 0.5) is 5.69 Å². The molecule has 0 bridgehead atoms. The van der Waals surface area contributed by atoms with Gasteiger partial charge in [-0.3, -0.25) is 9.59 Å². The summed E-state index contributed by atoms with van der Waals surface area (Å²) in [5.74, 6) is -0.216. The van der Waals surface area contributed by atoms with E-state index in [9.17, 15) is 9.59 Å². The van der Waals surface area contributed by atoms with Crippen molar-refractivity contribution in [3.8, 4) is 0 Å². The molecule has 0 atom stereocenters. The van der Waals surface area contributed by atoms with Crippen LogP contribution in [0.2, 0.25) is 0 Å². The largest absolute Gasteiger partial charge is 0.351 e. The summed E-state index contributed by atoms with van der Waals surface area (Å²) in [5.41, 5.74) is 3.20. The van der Waals surface area contributed by atoms with Crippen molar-refractivity contribution in [2.75, 3.05) is 38.6 Å². The van der Waals surface area contributed by atoms with Crippen molar-refractivity contribution < 1.29 is 9.59 Å². The van der Waals surface area contributed by atoms with E-state index in [0.717, 1.165) is 18.7 Å². The van der Waals surface area contributed by atoms with E-state index < -0.39 is 0 Å². The molecule has 1 aliphatic rings. The van der Waals surface area contributed by atoms with Gasteiger partial charge in [-0.25, -0.2) is 0 Å². The maximum absolute atomic E-state index is 12.9. The van der Waals surface area contributed by atoms with Crippen LogP contribution < -0.4 is 10.2 Å². The Morgan fingerprint density at radius 1 is 1.08 bits per heavy atom. The minimum Gasteiger partial charge on any atom is -0.351 e. The molecular weight excluding hydrogens is 314 g/mol. The first-order valence-electron chi connectivity index (χ1n) is 8.49. The third-order valence-corrected chi connectivity index (χ3v) is 4.35. The number of carbonyl (C=O) groups is 2. The van der Waals surface area contributed by atoms with Crippen LogP contribution in [0.3, 0.4) is 0 Å². The van der Waals surface area contributed by atoms with Crippen LogP contribution in [0.5, 0.6) is 0 Å².